The summed E-state index contributed by atoms with van der Waals surface area (Å²) in [6.07, 6.45) is 2.35. The van der Waals surface area contributed by atoms with Gasteiger partial charge in [0, 0.05) is 16.8 Å². The number of hydrogen-bond donors (Lipinski definition) is 3. The van der Waals surface area contributed by atoms with E-state index < -0.39 is 5.97 Å². The maximum absolute atomic E-state index is 13.0. The first kappa shape index (κ1) is 20.2. The molecule has 0 aliphatic carbocycles. The lowest BCUT2D eigenvalue weighted by Gasteiger charge is -2.31. The second kappa shape index (κ2) is 8.65. The van der Waals surface area contributed by atoms with Gasteiger partial charge in [0.2, 0.25) is 0 Å². The van der Waals surface area contributed by atoms with Crippen molar-refractivity contribution in [2.45, 2.75) is 39.7 Å². The fraction of sp³-hybridized carbons (Fsp3) is 0.524. The quantitative estimate of drug-likeness (QED) is 0.661. The molecule has 1 amide bonds. The van der Waals surface area contributed by atoms with Gasteiger partial charge in [0.15, 0.2) is 6.04 Å². The summed E-state index contributed by atoms with van der Waals surface area (Å²) >= 11 is 0. The number of carbonyl (C=O) groups is 2. The van der Waals surface area contributed by atoms with Crippen LogP contribution < -0.4 is 15.0 Å². The molecule has 3 atom stereocenters. The van der Waals surface area contributed by atoms with Gasteiger partial charge in [-0.1, -0.05) is 6.92 Å². The lowest BCUT2D eigenvalue weighted by molar-refractivity contribution is -0.922. The van der Waals surface area contributed by atoms with Crippen molar-refractivity contribution < 1.29 is 24.0 Å². The summed E-state index contributed by atoms with van der Waals surface area (Å²) in [5.74, 6) is 0.685. The van der Waals surface area contributed by atoms with Crippen molar-refractivity contribution in [1.29, 1.82) is 0 Å². The molecule has 3 rings (SSSR count). The Morgan fingerprint density at radius 3 is 2.86 bits per heavy atom. The highest BCUT2D eigenvalue weighted by Crippen LogP contribution is 2.31. The van der Waals surface area contributed by atoms with E-state index in [9.17, 15) is 9.59 Å². The number of esters is 1. The van der Waals surface area contributed by atoms with Gasteiger partial charge in [-0.3, -0.25) is 4.79 Å². The van der Waals surface area contributed by atoms with E-state index in [0.29, 0.717) is 17.4 Å². The number of ether oxygens (including phenoxy) is 2. The van der Waals surface area contributed by atoms with Gasteiger partial charge in [-0.15, -0.1) is 0 Å². The van der Waals surface area contributed by atoms with E-state index in [2.05, 4.69) is 17.2 Å². The number of benzene rings is 1. The molecule has 2 heterocycles. The van der Waals surface area contributed by atoms with Crippen LogP contribution in [0.1, 0.15) is 44.1 Å². The molecule has 1 aromatic carbocycles. The van der Waals surface area contributed by atoms with Crippen molar-refractivity contribution in [2.75, 3.05) is 32.1 Å². The Balaban J connectivity index is 1.91. The third-order valence-electron chi connectivity index (χ3n) is 5.54. The lowest BCUT2D eigenvalue weighted by Crippen LogP contribution is -3.17. The van der Waals surface area contributed by atoms with Crippen molar-refractivity contribution in [2.24, 2.45) is 5.92 Å². The third kappa shape index (κ3) is 4.14. The summed E-state index contributed by atoms with van der Waals surface area (Å²) in [5, 5.41) is 3.72. The maximum atomic E-state index is 13.0. The van der Waals surface area contributed by atoms with Crippen LogP contribution in [0.15, 0.2) is 18.2 Å². The SMILES string of the molecule is CCOC(=O)c1[nH]c2ccc(OC)cc2c1NC(=O)[C@@H](C)[NH+]1CCC[C@@H](C)C1. The molecule has 1 fully saturated rings. The molecular formula is C21H30N3O4+. The highest BCUT2D eigenvalue weighted by Gasteiger charge is 2.31. The van der Waals surface area contributed by atoms with Gasteiger partial charge < -0.3 is 24.7 Å². The minimum atomic E-state index is -0.487. The van der Waals surface area contributed by atoms with Gasteiger partial charge >= 0.3 is 5.97 Å². The normalized spacial score (nSPS) is 20.6. The monoisotopic (exact) mass is 388 g/mol. The number of H-pyrrole nitrogens is 1. The predicted octanol–water partition coefficient (Wildman–Crippen LogP) is 1.99. The first-order chi connectivity index (χ1) is 13.4. The summed E-state index contributed by atoms with van der Waals surface area (Å²) < 4.78 is 10.5. The number of rotatable bonds is 6. The number of methoxy groups -OCH3 is 1. The summed E-state index contributed by atoms with van der Waals surface area (Å²) in [6, 6.07) is 5.24. The summed E-state index contributed by atoms with van der Waals surface area (Å²) in [6.45, 7) is 8.17. The van der Waals surface area contributed by atoms with Gasteiger partial charge in [0.05, 0.1) is 32.5 Å². The summed E-state index contributed by atoms with van der Waals surface area (Å²) in [5.41, 5.74) is 1.45. The van der Waals surface area contributed by atoms with Crippen molar-refractivity contribution in [3.63, 3.8) is 0 Å². The van der Waals surface area contributed by atoms with E-state index >= 15 is 0 Å². The number of fused-ring (bicyclic) bond motifs is 1. The van der Waals surface area contributed by atoms with E-state index in [-0.39, 0.29) is 24.2 Å². The smallest absolute Gasteiger partial charge is 0.356 e. The summed E-state index contributed by atoms with van der Waals surface area (Å²) in [4.78, 5) is 29.8. The van der Waals surface area contributed by atoms with Crippen LogP contribution in [0, 0.1) is 5.92 Å². The Morgan fingerprint density at radius 1 is 1.39 bits per heavy atom. The molecule has 152 valence electrons. The molecule has 2 aromatic rings. The Morgan fingerprint density at radius 2 is 2.18 bits per heavy atom. The highest BCUT2D eigenvalue weighted by atomic mass is 16.5. The molecule has 0 radical (unpaired) electrons. The Hall–Kier alpha value is -2.54. The zero-order valence-corrected chi connectivity index (χ0v) is 17.1. The average Bonchev–Trinajstić information content (AvgIpc) is 3.05. The minimum Gasteiger partial charge on any atom is -0.497 e. The number of piperidine rings is 1. The van der Waals surface area contributed by atoms with E-state index in [4.69, 9.17) is 9.47 Å². The molecule has 1 unspecified atom stereocenters. The zero-order chi connectivity index (χ0) is 20.3. The molecule has 0 saturated carbocycles. The molecule has 1 saturated heterocycles. The fourth-order valence-corrected chi connectivity index (χ4v) is 3.92. The van der Waals surface area contributed by atoms with Crippen LogP contribution in [-0.2, 0) is 9.53 Å². The molecule has 3 N–H and O–H groups in total. The van der Waals surface area contributed by atoms with E-state index in [0.717, 1.165) is 30.4 Å². The molecule has 0 spiro atoms. The average molecular weight is 388 g/mol. The zero-order valence-electron chi connectivity index (χ0n) is 17.1. The first-order valence-electron chi connectivity index (χ1n) is 9.96. The first-order valence-corrected chi connectivity index (χ1v) is 9.96. The van der Waals surface area contributed by atoms with E-state index in [1.54, 1.807) is 20.1 Å². The third-order valence-corrected chi connectivity index (χ3v) is 5.54. The highest BCUT2D eigenvalue weighted by molar-refractivity contribution is 6.11. The van der Waals surface area contributed by atoms with Crippen molar-refractivity contribution in [3.05, 3.63) is 23.9 Å². The number of amides is 1. The molecule has 7 heteroatoms. The van der Waals surface area contributed by atoms with Gasteiger partial charge in [-0.05, 0) is 44.9 Å². The van der Waals surface area contributed by atoms with Crippen molar-refractivity contribution in [1.82, 2.24) is 4.98 Å². The predicted molar refractivity (Wildman–Crippen MR) is 108 cm³/mol. The van der Waals surface area contributed by atoms with Crippen LogP contribution in [0.3, 0.4) is 0 Å². The number of carbonyl (C=O) groups excluding carboxylic acids is 2. The molecular weight excluding hydrogens is 358 g/mol. The summed E-state index contributed by atoms with van der Waals surface area (Å²) in [7, 11) is 1.58. The maximum Gasteiger partial charge on any atom is 0.356 e. The van der Waals surface area contributed by atoms with E-state index in [1.165, 1.54) is 11.3 Å². The number of nitrogens with one attached hydrogen (secondary N) is 3. The molecule has 28 heavy (non-hydrogen) atoms. The number of aromatic nitrogens is 1. The number of anilines is 1. The van der Waals surface area contributed by atoms with Gasteiger partial charge in [-0.25, -0.2) is 4.79 Å². The standard InChI is InChI=1S/C21H29N3O4/c1-5-28-21(26)19-18(16-11-15(27-4)8-9-17(16)22-19)23-20(25)14(3)24-10-6-7-13(2)12-24/h8-9,11,13-14,22H,5-7,10,12H2,1-4H3,(H,23,25)/p+1/t13-,14-/m1/s1. The van der Waals surface area contributed by atoms with Crippen LogP contribution in [0.5, 0.6) is 5.75 Å². The molecule has 7 nitrogen and oxygen atoms in total. The fourth-order valence-electron chi connectivity index (χ4n) is 3.92. The van der Waals surface area contributed by atoms with Crippen LogP contribution in [0.25, 0.3) is 10.9 Å². The number of quaternary nitrogens is 1. The number of aromatic amines is 1. The van der Waals surface area contributed by atoms with Crippen LogP contribution in [0.2, 0.25) is 0 Å². The van der Waals surface area contributed by atoms with Crippen LogP contribution in [-0.4, -0.2) is 49.7 Å². The largest absolute Gasteiger partial charge is 0.497 e. The molecule has 1 aliphatic rings. The van der Waals surface area contributed by atoms with Crippen molar-refractivity contribution >= 4 is 28.5 Å². The van der Waals surface area contributed by atoms with Crippen LogP contribution in [0.4, 0.5) is 5.69 Å². The van der Waals surface area contributed by atoms with E-state index in [1.807, 2.05) is 19.1 Å². The Kier molecular flexibility index (Phi) is 6.24. The Labute approximate surface area is 165 Å². The van der Waals surface area contributed by atoms with Gasteiger partial charge in [0.1, 0.15) is 11.4 Å². The topological polar surface area (TPSA) is 84.9 Å². The number of hydrogen-bond acceptors (Lipinski definition) is 4. The second-order valence-electron chi connectivity index (χ2n) is 7.58. The molecule has 1 aromatic heterocycles. The second-order valence-corrected chi connectivity index (χ2v) is 7.58. The van der Waals surface area contributed by atoms with Gasteiger partial charge in [0.25, 0.3) is 5.91 Å². The lowest BCUT2D eigenvalue weighted by atomic mass is 9.99. The number of likely N-dealkylation sites (tertiary alicyclic amines) is 1. The van der Waals surface area contributed by atoms with Crippen molar-refractivity contribution in [3.8, 4) is 5.75 Å². The van der Waals surface area contributed by atoms with Gasteiger partial charge in [-0.2, -0.15) is 0 Å². The molecule has 1 aliphatic heterocycles. The Bertz CT molecular complexity index is 861. The van der Waals surface area contributed by atoms with Crippen LogP contribution >= 0.6 is 0 Å². The molecule has 0 bridgehead atoms. The minimum absolute atomic E-state index is 0.0987.